The standard InChI is InChI=1S/C34H36O11/c1-34(2)44-29-26(38-19-21-12-6-3-7-13-21)25(41-33(29)45-34)20-39-32-28(43-31(37)23-16-10-5-11-17-23)27(24(18-35)40-32)42-30(36)22-14-8-4-9-15-22/h3-17,24-29,32-33,35H,18-20H2,1-2H3/t24-,25-,26-,27-,28+,29+,32+,33+/m1/s1. The van der Waals surface area contributed by atoms with Crippen LogP contribution in [0.4, 0.5) is 0 Å². The van der Waals surface area contributed by atoms with E-state index in [4.69, 9.17) is 37.9 Å². The number of aliphatic hydroxyl groups excluding tert-OH is 1. The monoisotopic (exact) mass is 620 g/mol. The van der Waals surface area contributed by atoms with E-state index in [0.717, 1.165) is 5.56 Å². The summed E-state index contributed by atoms with van der Waals surface area (Å²) in [6.07, 6.45) is -7.02. The number of benzene rings is 3. The molecule has 3 saturated heterocycles. The molecule has 3 fully saturated rings. The van der Waals surface area contributed by atoms with E-state index in [1.54, 1.807) is 74.5 Å². The zero-order valence-electron chi connectivity index (χ0n) is 24.9. The lowest BCUT2D eigenvalue weighted by atomic mass is 10.1. The first kappa shape index (κ1) is 31.3. The van der Waals surface area contributed by atoms with Crippen molar-refractivity contribution in [1.82, 2.24) is 0 Å². The van der Waals surface area contributed by atoms with Crippen molar-refractivity contribution in [1.29, 1.82) is 0 Å². The molecule has 3 aliphatic rings. The van der Waals surface area contributed by atoms with Gasteiger partial charge in [0, 0.05) is 0 Å². The number of esters is 2. The van der Waals surface area contributed by atoms with Gasteiger partial charge in [0.05, 0.1) is 30.9 Å². The number of fused-ring (bicyclic) bond motifs is 1. The Morgan fingerprint density at radius 1 is 0.711 bits per heavy atom. The Labute approximate surface area is 260 Å². The number of ether oxygens (including phenoxy) is 8. The van der Waals surface area contributed by atoms with Gasteiger partial charge in [0.25, 0.3) is 0 Å². The van der Waals surface area contributed by atoms with Gasteiger partial charge >= 0.3 is 11.9 Å². The summed E-state index contributed by atoms with van der Waals surface area (Å²) in [5, 5.41) is 10.2. The van der Waals surface area contributed by atoms with Crippen molar-refractivity contribution >= 4 is 11.9 Å². The molecule has 6 rings (SSSR count). The van der Waals surface area contributed by atoms with E-state index >= 15 is 0 Å². The summed E-state index contributed by atoms with van der Waals surface area (Å²) in [5.74, 6) is -2.19. The first-order chi connectivity index (χ1) is 21.8. The summed E-state index contributed by atoms with van der Waals surface area (Å²) in [6, 6.07) is 26.4. The van der Waals surface area contributed by atoms with Gasteiger partial charge in [-0.25, -0.2) is 9.59 Å². The number of rotatable bonds is 11. The Kier molecular flexibility index (Phi) is 9.57. The number of carbonyl (C=O) groups excluding carboxylic acids is 2. The number of aliphatic hydroxyl groups is 1. The van der Waals surface area contributed by atoms with Crippen LogP contribution in [-0.2, 0) is 44.5 Å². The van der Waals surface area contributed by atoms with Crippen LogP contribution < -0.4 is 0 Å². The summed E-state index contributed by atoms with van der Waals surface area (Å²) < 4.78 is 48.3. The van der Waals surface area contributed by atoms with Crippen LogP contribution in [0.15, 0.2) is 91.0 Å². The summed E-state index contributed by atoms with van der Waals surface area (Å²) in [5.41, 5.74) is 1.55. The molecule has 0 saturated carbocycles. The molecule has 3 aromatic rings. The van der Waals surface area contributed by atoms with Crippen LogP contribution >= 0.6 is 0 Å². The highest BCUT2D eigenvalue weighted by molar-refractivity contribution is 5.90. The molecule has 3 aromatic carbocycles. The molecule has 11 heteroatoms. The van der Waals surface area contributed by atoms with E-state index in [-0.39, 0.29) is 12.2 Å². The lowest BCUT2D eigenvalue weighted by molar-refractivity contribution is -0.238. The summed E-state index contributed by atoms with van der Waals surface area (Å²) in [6.45, 7) is 3.33. The Bertz CT molecular complexity index is 1420. The van der Waals surface area contributed by atoms with Gasteiger partial charge in [0.1, 0.15) is 24.4 Å². The van der Waals surface area contributed by atoms with Crippen LogP contribution in [0.2, 0.25) is 0 Å². The second-order valence-electron chi connectivity index (χ2n) is 11.4. The van der Waals surface area contributed by atoms with Crippen LogP contribution in [0.1, 0.15) is 40.1 Å². The van der Waals surface area contributed by atoms with Crippen molar-refractivity contribution < 1.29 is 52.6 Å². The van der Waals surface area contributed by atoms with Crippen LogP contribution in [-0.4, -0.2) is 85.2 Å². The molecule has 45 heavy (non-hydrogen) atoms. The maximum absolute atomic E-state index is 13.2. The highest BCUT2D eigenvalue weighted by atomic mass is 16.8. The van der Waals surface area contributed by atoms with E-state index in [0.29, 0.717) is 12.2 Å². The SMILES string of the molecule is CC1(C)O[C@@H]2O[C@H](CO[C@H]3O[C@H](CO)[C@@H](OC(=O)c4ccccc4)[C@@H]3OC(=O)c3ccccc3)[C@@H](OCc3ccccc3)[C@@H]2O1. The fourth-order valence-corrected chi connectivity index (χ4v) is 5.61. The molecule has 0 aromatic heterocycles. The van der Waals surface area contributed by atoms with Gasteiger partial charge in [-0.1, -0.05) is 66.7 Å². The van der Waals surface area contributed by atoms with Crippen LogP contribution in [0.25, 0.3) is 0 Å². The topological polar surface area (TPSA) is 128 Å². The van der Waals surface area contributed by atoms with E-state index in [2.05, 4.69) is 0 Å². The second-order valence-corrected chi connectivity index (χ2v) is 11.4. The van der Waals surface area contributed by atoms with E-state index in [9.17, 15) is 14.7 Å². The molecule has 8 atom stereocenters. The zero-order chi connectivity index (χ0) is 31.4. The van der Waals surface area contributed by atoms with Gasteiger partial charge in [-0.05, 0) is 43.7 Å². The molecule has 11 nitrogen and oxygen atoms in total. The molecule has 1 N–H and O–H groups in total. The van der Waals surface area contributed by atoms with Gasteiger partial charge in [-0.2, -0.15) is 0 Å². The molecule has 3 heterocycles. The first-order valence-corrected chi connectivity index (χ1v) is 14.9. The van der Waals surface area contributed by atoms with Crippen molar-refractivity contribution in [3.05, 3.63) is 108 Å². The number of hydrogen-bond acceptors (Lipinski definition) is 11. The van der Waals surface area contributed by atoms with Gasteiger partial charge in [0.2, 0.25) is 0 Å². The van der Waals surface area contributed by atoms with Crippen molar-refractivity contribution in [3.8, 4) is 0 Å². The normalized spacial score (nSPS) is 30.1. The summed E-state index contributed by atoms with van der Waals surface area (Å²) in [4.78, 5) is 26.2. The van der Waals surface area contributed by atoms with Crippen molar-refractivity contribution in [2.75, 3.05) is 13.2 Å². The minimum atomic E-state index is -1.21. The second kappa shape index (κ2) is 13.8. The maximum atomic E-state index is 13.2. The molecular weight excluding hydrogens is 584 g/mol. The number of hydrogen-bond donors (Lipinski definition) is 1. The molecular formula is C34H36O11. The predicted molar refractivity (Wildman–Crippen MR) is 157 cm³/mol. The largest absolute Gasteiger partial charge is 0.452 e. The van der Waals surface area contributed by atoms with Crippen LogP contribution in [0, 0.1) is 0 Å². The average molecular weight is 621 g/mol. The maximum Gasteiger partial charge on any atom is 0.338 e. The highest BCUT2D eigenvalue weighted by Crippen LogP contribution is 2.40. The fraction of sp³-hybridized carbons (Fsp3) is 0.412. The molecule has 238 valence electrons. The third kappa shape index (κ3) is 7.26. The third-order valence-corrected chi connectivity index (χ3v) is 7.75. The molecule has 0 amide bonds. The number of carbonyl (C=O) groups is 2. The Balaban J connectivity index is 1.19. The van der Waals surface area contributed by atoms with Gasteiger partial charge < -0.3 is 43.0 Å². The van der Waals surface area contributed by atoms with Crippen molar-refractivity contribution in [2.45, 2.75) is 75.4 Å². The third-order valence-electron chi connectivity index (χ3n) is 7.75. The predicted octanol–water partition coefficient (Wildman–Crippen LogP) is 3.63. The molecule has 0 unspecified atom stereocenters. The quantitative estimate of drug-likeness (QED) is 0.316. The Morgan fingerprint density at radius 2 is 1.29 bits per heavy atom. The molecule has 3 aliphatic heterocycles. The van der Waals surface area contributed by atoms with Crippen LogP contribution in [0.5, 0.6) is 0 Å². The highest BCUT2D eigenvalue weighted by Gasteiger charge is 2.56. The molecule has 0 radical (unpaired) electrons. The van der Waals surface area contributed by atoms with E-state index < -0.39 is 73.5 Å². The first-order valence-electron chi connectivity index (χ1n) is 14.9. The smallest absolute Gasteiger partial charge is 0.338 e. The van der Waals surface area contributed by atoms with Crippen LogP contribution in [0.3, 0.4) is 0 Å². The minimum absolute atomic E-state index is 0.0683. The average Bonchev–Trinajstić information content (AvgIpc) is 3.66. The zero-order valence-corrected chi connectivity index (χ0v) is 24.9. The fourth-order valence-electron chi connectivity index (χ4n) is 5.61. The molecule has 0 bridgehead atoms. The van der Waals surface area contributed by atoms with Gasteiger partial charge in [-0.15, -0.1) is 0 Å². The Hall–Kier alpha value is -3.68. The minimum Gasteiger partial charge on any atom is -0.452 e. The Morgan fingerprint density at radius 3 is 1.89 bits per heavy atom. The van der Waals surface area contributed by atoms with Gasteiger partial charge in [0.15, 0.2) is 30.6 Å². The van der Waals surface area contributed by atoms with E-state index in [1.807, 2.05) is 30.3 Å². The summed E-state index contributed by atoms with van der Waals surface area (Å²) in [7, 11) is 0. The van der Waals surface area contributed by atoms with Crippen molar-refractivity contribution in [3.63, 3.8) is 0 Å². The van der Waals surface area contributed by atoms with Crippen molar-refractivity contribution in [2.24, 2.45) is 0 Å². The van der Waals surface area contributed by atoms with Gasteiger partial charge in [-0.3, -0.25) is 0 Å². The summed E-state index contributed by atoms with van der Waals surface area (Å²) >= 11 is 0. The lowest BCUT2D eigenvalue weighted by Crippen LogP contribution is -2.43. The molecule has 0 spiro atoms. The van der Waals surface area contributed by atoms with E-state index in [1.165, 1.54) is 0 Å². The molecule has 0 aliphatic carbocycles. The lowest BCUT2D eigenvalue weighted by Gasteiger charge is -2.28.